The molecule has 0 amide bonds. The monoisotopic (exact) mass is 465 g/mol. The minimum atomic E-state index is -0.595. The van der Waals surface area contributed by atoms with E-state index in [0.717, 1.165) is 28.1 Å². The van der Waals surface area contributed by atoms with Crippen molar-refractivity contribution in [1.29, 1.82) is 5.26 Å². The number of hydrogen-bond donors (Lipinski definition) is 2. The number of nitrogens with zero attached hydrogens (tertiary/aromatic N) is 2. The van der Waals surface area contributed by atoms with E-state index >= 15 is 0 Å². The number of thioether (sulfide) groups is 1. The van der Waals surface area contributed by atoms with Crippen molar-refractivity contribution in [1.82, 2.24) is 4.98 Å². The molecule has 0 aliphatic rings. The lowest BCUT2D eigenvalue weighted by Gasteiger charge is -2.15. The molecule has 1 unspecified atom stereocenters. The minimum Gasteiger partial charge on any atom is -0.390 e. The Bertz CT molecular complexity index is 1280. The van der Waals surface area contributed by atoms with Crippen molar-refractivity contribution in [3.63, 3.8) is 0 Å². The fourth-order valence-electron chi connectivity index (χ4n) is 3.59. The molecule has 3 aromatic carbocycles. The zero-order valence-corrected chi connectivity index (χ0v) is 20.1. The van der Waals surface area contributed by atoms with Crippen LogP contribution in [0.3, 0.4) is 0 Å². The molecule has 0 aliphatic carbocycles. The zero-order valence-electron chi connectivity index (χ0n) is 19.3. The first-order valence-corrected chi connectivity index (χ1v) is 12.2. The van der Waals surface area contributed by atoms with Gasteiger partial charge in [-0.05, 0) is 37.6 Å². The van der Waals surface area contributed by atoms with Crippen LogP contribution in [0.5, 0.6) is 0 Å². The maximum atomic E-state index is 10.6. The number of pyridine rings is 1. The highest BCUT2D eigenvalue weighted by molar-refractivity contribution is 7.99. The number of aliphatic hydroxyl groups excluding tert-OH is 1. The summed E-state index contributed by atoms with van der Waals surface area (Å²) < 4.78 is 0. The predicted octanol–water partition coefficient (Wildman–Crippen LogP) is 6.47. The standard InChI is InChI=1S/C29H27N3OS/c1-20-8-12-23(13-9-20)28-16-26(22-6-4-3-5-7-22)27(17-30)29(32-28)34-19-25(33)18-31-24-14-10-21(2)11-15-24/h3-16,25,31,33H,18-19H2,1-2H3. The SMILES string of the molecule is Cc1ccc(NCC(O)CSc2nc(-c3ccc(C)cc3)cc(-c3ccccc3)c2C#N)cc1. The third-order valence-corrected chi connectivity index (χ3v) is 6.66. The van der Waals surface area contributed by atoms with Gasteiger partial charge in [0.2, 0.25) is 0 Å². The van der Waals surface area contributed by atoms with E-state index in [4.69, 9.17) is 4.98 Å². The van der Waals surface area contributed by atoms with Crippen molar-refractivity contribution in [2.24, 2.45) is 0 Å². The maximum absolute atomic E-state index is 10.6. The fraction of sp³-hybridized carbons (Fsp3) is 0.172. The van der Waals surface area contributed by atoms with E-state index in [2.05, 4.69) is 30.4 Å². The number of nitrogens with one attached hydrogen (secondary N) is 1. The molecule has 0 saturated carbocycles. The molecule has 2 N–H and O–H groups in total. The summed E-state index contributed by atoms with van der Waals surface area (Å²) in [6.07, 6.45) is -0.595. The zero-order chi connectivity index (χ0) is 23.9. The molecule has 0 bridgehead atoms. The molecule has 4 aromatic rings. The van der Waals surface area contributed by atoms with Crippen molar-refractivity contribution in [2.75, 3.05) is 17.6 Å². The molecule has 1 heterocycles. The molecule has 1 aromatic heterocycles. The van der Waals surface area contributed by atoms with E-state index < -0.39 is 6.10 Å². The smallest absolute Gasteiger partial charge is 0.115 e. The van der Waals surface area contributed by atoms with Gasteiger partial charge in [0.25, 0.3) is 0 Å². The highest BCUT2D eigenvalue weighted by Gasteiger charge is 2.17. The lowest BCUT2D eigenvalue weighted by molar-refractivity contribution is 0.213. The summed E-state index contributed by atoms with van der Waals surface area (Å²) >= 11 is 1.41. The van der Waals surface area contributed by atoms with Gasteiger partial charge >= 0.3 is 0 Å². The van der Waals surface area contributed by atoms with E-state index in [1.54, 1.807) is 0 Å². The number of aryl methyl sites for hydroxylation is 2. The van der Waals surface area contributed by atoms with Gasteiger partial charge in [-0.15, -0.1) is 11.8 Å². The van der Waals surface area contributed by atoms with Crippen LogP contribution in [0.2, 0.25) is 0 Å². The summed E-state index contributed by atoms with van der Waals surface area (Å²) in [7, 11) is 0. The second kappa shape index (κ2) is 11.0. The molecule has 4 rings (SSSR count). The van der Waals surface area contributed by atoms with Gasteiger partial charge in [-0.1, -0.05) is 77.9 Å². The van der Waals surface area contributed by atoms with Crippen LogP contribution in [0.4, 0.5) is 5.69 Å². The summed E-state index contributed by atoms with van der Waals surface area (Å²) in [5.41, 5.74) is 7.51. The summed E-state index contributed by atoms with van der Waals surface area (Å²) in [4.78, 5) is 4.84. The molecule has 0 saturated heterocycles. The van der Waals surface area contributed by atoms with Gasteiger partial charge in [-0.25, -0.2) is 4.98 Å². The van der Waals surface area contributed by atoms with Crippen LogP contribution >= 0.6 is 11.8 Å². The van der Waals surface area contributed by atoms with Crippen LogP contribution in [0.25, 0.3) is 22.4 Å². The molecule has 0 aliphatic heterocycles. The van der Waals surface area contributed by atoms with Crippen LogP contribution in [0.1, 0.15) is 16.7 Å². The van der Waals surface area contributed by atoms with Crippen LogP contribution in [-0.4, -0.2) is 28.5 Å². The molecular formula is C29H27N3OS. The average Bonchev–Trinajstić information content (AvgIpc) is 2.87. The van der Waals surface area contributed by atoms with Crippen molar-refractivity contribution < 1.29 is 5.11 Å². The van der Waals surface area contributed by atoms with Gasteiger partial charge in [0.15, 0.2) is 0 Å². The summed E-state index contributed by atoms with van der Waals surface area (Å²) in [5.74, 6) is 0.423. The Balaban J connectivity index is 1.59. The van der Waals surface area contributed by atoms with Crippen LogP contribution in [-0.2, 0) is 0 Å². The van der Waals surface area contributed by atoms with Crippen molar-refractivity contribution in [2.45, 2.75) is 25.0 Å². The Kier molecular flexibility index (Phi) is 7.64. The number of hydrogen-bond acceptors (Lipinski definition) is 5. The maximum Gasteiger partial charge on any atom is 0.115 e. The molecule has 1 atom stereocenters. The van der Waals surface area contributed by atoms with E-state index in [1.807, 2.05) is 79.7 Å². The van der Waals surface area contributed by atoms with Gasteiger partial charge in [-0.3, -0.25) is 0 Å². The third kappa shape index (κ3) is 5.85. The second-order valence-electron chi connectivity index (χ2n) is 8.29. The number of rotatable bonds is 8. The number of aromatic nitrogens is 1. The first kappa shape index (κ1) is 23.6. The van der Waals surface area contributed by atoms with Gasteiger partial charge in [0.1, 0.15) is 11.1 Å². The topological polar surface area (TPSA) is 68.9 Å². The number of nitriles is 1. The van der Waals surface area contributed by atoms with Crippen LogP contribution < -0.4 is 5.32 Å². The summed E-state index contributed by atoms with van der Waals surface area (Å²) in [6, 6.07) is 30.5. The molecule has 5 heteroatoms. The molecule has 34 heavy (non-hydrogen) atoms. The van der Waals surface area contributed by atoms with Crippen LogP contribution in [0.15, 0.2) is 90.0 Å². The van der Waals surface area contributed by atoms with Gasteiger partial charge in [-0.2, -0.15) is 5.26 Å². The molecule has 0 radical (unpaired) electrons. The highest BCUT2D eigenvalue weighted by Crippen LogP contribution is 2.34. The lowest BCUT2D eigenvalue weighted by Crippen LogP contribution is -2.22. The first-order valence-electron chi connectivity index (χ1n) is 11.2. The number of aliphatic hydroxyl groups is 1. The van der Waals surface area contributed by atoms with Crippen LogP contribution in [0, 0.1) is 25.2 Å². The molecular weight excluding hydrogens is 438 g/mol. The minimum absolute atomic E-state index is 0.418. The third-order valence-electron chi connectivity index (χ3n) is 5.54. The number of anilines is 1. The predicted molar refractivity (Wildman–Crippen MR) is 141 cm³/mol. The lowest BCUT2D eigenvalue weighted by atomic mass is 9.99. The van der Waals surface area contributed by atoms with E-state index in [9.17, 15) is 10.4 Å². The number of benzene rings is 3. The summed E-state index contributed by atoms with van der Waals surface area (Å²) in [5, 5.41) is 24.5. The Morgan fingerprint density at radius 1 is 0.912 bits per heavy atom. The van der Waals surface area contributed by atoms with Crippen molar-refractivity contribution >= 4 is 17.4 Å². The Morgan fingerprint density at radius 2 is 1.56 bits per heavy atom. The Hall–Kier alpha value is -3.59. The van der Waals surface area contributed by atoms with E-state index in [0.29, 0.717) is 22.9 Å². The molecule has 4 nitrogen and oxygen atoms in total. The van der Waals surface area contributed by atoms with Gasteiger partial charge < -0.3 is 10.4 Å². The van der Waals surface area contributed by atoms with Crippen molar-refractivity contribution in [3.05, 3.63) is 102 Å². The highest BCUT2D eigenvalue weighted by atomic mass is 32.2. The molecule has 170 valence electrons. The Labute approximate surface area is 205 Å². The normalized spacial score (nSPS) is 11.6. The fourth-order valence-corrected chi connectivity index (χ4v) is 4.52. The van der Waals surface area contributed by atoms with E-state index in [-0.39, 0.29) is 0 Å². The quantitative estimate of drug-likeness (QED) is 0.292. The first-order chi connectivity index (χ1) is 16.5. The largest absolute Gasteiger partial charge is 0.390 e. The molecule has 0 fully saturated rings. The van der Waals surface area contributed by atoms with Gasteiger partial charge in [0.05, 0.1) is 17.4 Å². The second-order valence-corrected chi connectivity index (χ2v) is 9.30. The van der Waals surface area contributed by atoms with Crippen molar-refractivity contribution in [3.8, 4) is 28.5 Å². The molecule has 0 spiro atoms. The Morgan fingerprint density at radius 3 is 2.21 bits per heavy atom. The summed E-state index contributed by atoms with van der Waals surface area (Å²) in [6.45, 7) is 4.52. The average molecular weight is 466 g/mol. The van der Waals surface area contributed by atoms with E-state index in [1.165, 1.54) is 22.9 Å². The van der Waals surface area contributed by atoms with Gasteiger partial charge in [0, 0.05) is 29.1 Å².